The van der Waals surface area contributed by atoms with Crippen molar-refractivity contribution in [1.82, 2.24) is 19.7 Å². The standard InChI is InChI=1S/C18H12F6N4O3/c19-17(20,21)9-30-13-3-1-12(2-4-13)28-15(29)7-14(11-5-6-25-26-8-11)27-16(28)31-10-18(22,23)24/h1-8H,9-10H2. The largest absolute Gasteiger partial charge is 0.484 e. The van der Waals surface area contributed by atoms with E-state index < -0.39 is 37.1 Å². The minimum atomic E-state index is -4.70. The van der Waals surface area contributed by atoms with E-state index in [2.05, 4.69) is 19.9 Å². The van der Waals surface area contributed by atoms with Gasteiger partial charge in [0.15, 0.2) is 13.2 Å². The van der Waals surface area contributed by atoms with Gasteiger partial charge in [-0.1, -0.05) is 0 Å². The summed E-state index contributed by atoms with van der Waals surface area (Å²) in [6.07, 6.45) is -6.69. The molecule has 0 bridgehead atoms. The zero-order chi connectivity index (χ0) is 22.6. The number of alkyl halides is 6. The van der Waals surface area contributed by atoms with Crippen molar-refractivity contribution in [3.05, 3.63) is 59.1 Å². The van der Waals surface area contributed by atoms with E-state index in [0.717, 1.165) is 22.8 Å². The first-order valence-corrected chi connectivity index (χ1v) is 8.42. The molecule has 0 saturated heterocycles. The normalized spacial score (nSPS) is 11.9. The number of hydrogen-bond donors (Lipinski definition) is 0. The fraction of sp³-hybridized carbons (Fsp3) is 0.222. The highest BCUT2D eigenvalue weighted by Crippen LogP contribution is 2.24. The predicted molar refractivity (Wildman–Crippen MR) is 94.0 cm³/mol. The molecule has 2 aromatic heterocycles. The van der Waals surface area contributed by atoms with Crippen LogP contribution in [0.2, 0.25) is 0 Å². The maximum absolute atomic E-state index is 12.7. The molecular formula is C18H12F6N4O3. The maximum atomic E-state index is 12.7. The lowest BCUT2D eigenvalue weighted by atomic mass is 10.2. The van der Waals surface area contributed by atoms with E-state index in [1.165, 1.54) is 30.6 Å². The molecule has 0 N–H and O–H groups in total. The number of ether oxygens (including phenoxy) is 2. The molecule has 0 fully saturated rings. The van der Waals surface area contributed by atoms with Crippen LogP contribution in [0.5, 0.6) is 11.8 Å². The van der Waals surface area contributed by atoms with Gasteiger partial charge in [-0.3, -0.25) is 4.79 Å². The summed E-state index contributed by atoms with van der Waals surface area (Å²) in [5, 5.41) is 7.18. The van der Waals surface area contributed by atoms with Crippen LogP contribution in [0.1, 0.15) is 0 Å². The number of nitrogens with zero attached hydrogens (tertiary/aromatic N) is 4. The second-order valence-corrected chi connectivity index (χ2v) is 6.03. The average molecular weight is 446 g/mol. The van der Waals surface area contributed by atoms with Crippen molar-refractivity contribution in [3.63, 3.8) is 0 Å². The van der Waals surface area contributed by atoms with E-state index in [1.807, 2.05) is 0 Å². The van der Waals surface area contributed by atoms with Crippen LogP contribution < -0.4 is 15.0 Å². The monoisotopic (exact) mass is 446 g/mol. The smallest absolute Gasteiger partial charge is 0.422 e. The average Bonchev–Trinajstić information content (AvgIpc) is 2.70. The Balaban J connectivity index is 1.99. The van der Waals surface area contributed by atoms with E-state index in [-0.39, 0.29) is 17.1 Å². The van der Waals surface area contributed by atoms with Crippen LogP contribution >= 0.6 is 0 Å². The molecule has 0 radical (unpaired) electrons. The zero-order valence-electron chi connectivity index (χ0n) is 15.3. The third kappa shape index (κ3) is 6.17. The van der Waals surface area contributed by atoms with Crippen molar-refractivity contribution in [2.75, 3.05) is 13.2 Å². The molecule has 3 aromatic rings. The number of hydrogen-bond acceptors (Lipinski definition) is 6. The molecule has 0 aliphatic rings. The molecule has 0 atom stereocenters. The van der Waals surface area contributed by atoms with Crippen LogP contribution in [0.25, 0.3) is 16.9 Å². The molecule has 0 aliphatic heterocycles. The van der Waals surface area contributed by atoms with E-state index in [4.69, 9.17) is 4.74 Å². The molecule has 13 heteroatoms. The van der Waals surface area contributed by atoms with Gasteiger partial charge in [0.25, 0.3) is 5.56 Å². The highest BCUT2D eigenvalue weighted by atomic mass is 19.4. The van der Waals surface area contributed by atoms with Crippen molar-refractivity contribution in [1.29, 1.82) is 0 Å². The van der Waals surface area contributed by atoms with Crippen LogP contribution in [0.4, 0.5) is 26.3 Å². The molecule has 0 saturated carbocycles. The van der Waals surface area contributed by atoms with Crippen LogP contribution in [0.15, 0.2) is 53.6 Å². The molecule has 3 rings (SSSR count). The van der Waals surface area contributed by atoms with E-state index in [9.17, 15) is 31.1 Å². The third-order valence-electron chi connectivity index (χ3n) is 3.63. The molecule has 164 valence electrons. The minimum absolute atomic E-state index is 0.00143. The predicted octanol–water partition coefficient (Wildman–Crippen LogP) is 3.57. The molecule has 0 aliphatic carbocycles. The molecule has 2 heterocycles. The number of rotatable bonds is 6. The van der Waals surface area contributed by atoms with Crippen LogP contribution in [0, 0.1) is 0 Å². The zero-order valence-corrected chi connectivity index (χ0v) is 15.3. The Morgan fingerprint density at radius 2 is 1.52 bits per heavy atom. The molecule has 1 aromatic carbocycles. The maximum Gasteiger partial charge on any atom is 0.422 e. The van der Waals surface area contributed by atoms with Crippen molar-refractivity contribution >= 4 is 0 Å². The van der Waals surface area contributed by atoms with Crippen LogP contribution in [0.3, 0.4) is 0 Å². The van der Waals surface area contributed by atoms with Gasteiger partial charge in [-0.05, 0) is 30.3 Å². The Bertz CT molecular complexity index is 1080. The fourth-order valence-electron chi connectivity index (χ4n) is 2.39. The molecular weight excluding hydrogens is 434 g/mol. The van der Waals surface area contributed by atoms with Gasteiger partial charge in [-0.25, -0.2) is 4.57 Å². The summed E-state index contributed by atoms with van der Waals surface area (Å²) >= 11 is 0. The second kappa shape index (κ2) is 8.62. The Morgan fingerprint density at radius 3 is 2.10 bits per heavy atom. The number of halogens is 6. The van der Waals surface area contributed by atoms with Gasteiger partial charge in [0.2, 0.25) is 0 Å². The summed E-state index contributed by atoms with van der Waals surface area (Å²) in [5.74, 6) is -0.153. The Morgan fingerprint density at radius 1 is 0.871 bits per heavy atom. The van der Waals surface area contributed by atoms with Gasteiger partial charge in [0.1, 0.15) is 5.75 Å². The summed E-state index contributed by atoms with van der Waals surface area (Å²) in [7, 11) is 0. The van der Waals surface area contributed by atoms with E-state index in [1.54, 1.807) is 0 Å². The number of benzene rings is 1. The van der Waals surface area contributed by atoms with Gasteiger partial charge in [0, 0.05) is 11.6 Å². The fourth-order valence-corrected chi connectivity index (χ4v) is 2.39. The van der Waals surface area contributed by atoms with Gasteiger partial charge >= 0.3 is 18.4 Å². The van der Waals surface area contributed by atoms with E-state index in [0.29, 0.717) is 5.56 Å². The lowest BCUT2D eigenvalue weighted by molar-refractivity contribution is -0.155. The Hall–Kier alpha value is -3.64. The minimum Gasteiger partial charge on any atom is -0.484 e. The van der Waals surface area contributed by atoms with Crippen LogP contribution in [-0.4, -0.2) is 45.3 Å². The first-order chi connectivity index (χ1) is 14.5. The Kier molecular flexibility index (Phi) is 6.13. The molecule has 0 amide bonds. The lowest BCUT2D eigenvalue weighted by Crippen LogP contribution is -2.26. The highest BCUT2D eigenvalue weighted by Gasteiger charge is 2.30. The second-order valence-electron chi connectivity index (χ2n) is 6.03. The van der Waals surface area contributed by atoms with Crippen LogP contribution in [-0.2, 0) is 0 Å². The molecule has 0 unspecified atom stereocenters. The summed E-state index contributed by atoms with van der Waals surface area (Å²) in [4.78, 5) is 16.6. The van der Waals surface area contributed by atoms with Gasteiger partial charge in [-0.2, -0.15) is 41.5 Å². The lowest BCUT2D eigenvalue weighted by Gasteiger charge is -2.15. The van der Waals surface area contributed by atoms with Gasteiger partial charge in [-0.15, -0.1) is 0 Å². The summed E-state index contributed by atoms with van der Waals surface area (Å²) in [6.45, 7) is -3.24. The van der Waals surface area contributed by atoms with Crippen molar-refractivity contribution in [2.45, 2.75) is 12.4 Å². The van der Waals surface area contributed by atoms with Crippen molar-refractivity contribution in [3.8, 4) is 28.7 Å². The third-order valence-corrected chi connectivity index (χ3v) is 3.63. The molecule has 31 heavy (non-hydrogen) atoms. The van der Waals surface area contributed by atoms with Crippen molar-refractivity contribution in [2.24, 2.45) is 0 Å². The van der Waals surface area contributed by atoms with E-state index >= 15 is 0 Å². The first-order valence-electron chi connectivity index (χ1n) is 8.42. The molecule has 0 spiro atoms. The first kappa shape index (κ1) is 22.1. The van der Waals surface area contributed by atoms with Crippen molar-refractivity contribution < 1.29 is 35.8 Å². The summed E-state index contributed by atoms with van der Waals surface area (Å²) < 4.78 is 84.8. The highest BCUT2D eigenvalue weighted by molar-refractivity contribution is 5.57. The van der Waals surface area contributed by atoms with Gasteiger partial charge in [0.05, 0.1) is 23.8 Å². The quantitative estimate of drug-likeness (QED) is 0.539. The topological polar surface area (TPSA) is 79.1 Å². The molecule has 7 nitrogen and oxygen atoms in total. The Labute approximate surface area is 169 Å². The SMILES string of the molecule is O=c1cc(-c2ccnnc2)nc(OCC(F)(F)F)n1-c1ccc(OCC(F)(F)F)cc1. The summed E-state index contributed by atoms with van der Waals surface area (Å²) in [5.41, 5.74) is -0.471. The number of aromatic nitrogens is 4. The van der Waals surface area contributed by atoms with Gasteiger partial charge < -0.3 is 9.47 Å². The summed E-state index contributed by atoms with van der Waals surface area (Å²) in [6, 6.07) is 6.45.